The van der Waals surface area contributed by atoms with Crippen molar-refractivity contribution in [3.05, 3.63) is 0 Å². The average Bonchev–Trinajstić information content (AvgIpc) is 2.62. The Morgan fingerprint density at radius 1 is 1.35 bits per heavy atom. The van der Waals surface area contributed by atoms with Crippen LogP contribution in [0.15, 0.2) is 0 Å². The summed E-state index contributed by atoms with van der Waals surface area (Å²) in [5.41, 5.74) is 2.39. The van der Waals surface area contributed by atoms with Gasteiger partial charge in [0.15, 0.2) is 0 Å². The van der Waals surface area contributed by atoms with Crippen LogP contribution in [0.2, 0.25) is 0 Å². The number of carbonyl (C=O) groups is 1. The minimum atomic E-state index is -0.0525. The van der Waals surface area contributed by atoms with Crippen molar-refractivity contribution in [2.45, 2.75) is 26.4 Å². The Bertz CT molecular complexity index is 480. The zero-order valence-electron chi connectivity index (χ0n) is 11.6. The average molecular weight is 281 g/mol. The number of nitrogens with zero attached hydrogens (tertiary/aromatic N) is 4. The van der Waals surface area contributed by atoms with Crippen LogP contribution in [0.3, 0.4) is 0 Å². The summed E-state index contributed by atoms with van der Waals surface area (Å²) in [6, 6.07) is 0.210. The predicted molar refractivity (Wildman–Crippen MR) is 73.2 cm³/mol. The van der Waals surface area contributed by atoms with Gasteiger partial charge in [-0.05, 0) is 13.8 Å². The predicted octanol–water partition coefficient (Wildman–Crippen LogP) is -0.729. The fraction of sp³-hybridized carbons (Fsp3) is 0.636. The second-order valence-corrected chi connectivity index (χ2v) is 4.64. The third-order valence-electron chi connectivity index (χ3n) is 2.67. The second-order valence-electron chi connectivity index (χ2n) is 4.64. The molecule has 4 N–H and O–H groups in total. The van der Waals surface area contributed by atoms with Gasteiger partial charge in [0.05, 0.1) is 6.10 Å². The lowest BCUT2D eigenvalue weighted by molar-refractivity contribution is -0.120. The molecular weight excluding hydrogens is 262 g/mol. The first-order valence-electron chi connectivity index (χ1n) is 6.49. The zero-order valence-corrected chi connectivity index (χ0v) is 11.6. The first-order valence-corrected chi connectivity index (χ1v) is 6.49. The molecule has 0 unspecified atom stereocenters. The summed E-state index contributed by atoms with van der Waals surface area (Å²) in [6.07, 6.45) is 0.348. The highest BCUT2D eigenvalue weighted by Gasteiger charge is 2.18. The van der Waals surface area contributed by atoms with E-state index in [9.17, 15) is 4.79 Å². The number of rotatable bonds is 4. The van der Waals surface area contributed by atoms with Crippen LogP contribution < -0.4 is 26.2 Å². The van der Waals surface area contributed by atoms with Crippen LogP contribution in [0.4, 0.5) is 11.9 Å². The molecule has 1 aromatic heterocycles. The summed E-state index contributed by atoms with van der Waals surface area (Å²) in [7, 11) is 0. The number of aromatic nitrogens is 3. The van der Waals surface area contributed by atoms with Gasteiger partial charge in [0.25, 0.3) is 0 Å². The standard InChI is InChI=1S/C11H19N7O2/c1-7(2)20-11-15-9(17-12)14-10(16-11)18-5-3-8(19)13-4-6-18/h7H,3-6,12H2,1-2H3,(H,13,19)(H,14,15,16,17). The molecule has 1 aromatic rings. The van der Waals surface area contributed by atoms with E-state index in [4.69, 9.17) is 10.6 Å². The third-order valence-corrected chi connectivity index (χ3v) is 2.67. The van der Waals surface area contributed by atoms with Gasteiger partial charge in [0.2, 0.25) is 17.8 Å². The molecule has 1 aliphatic heterocycles. The van der Waals surface area contributed by atoms with Gasteiger partial charge in [0, 0.05) is 26.1 Å². The van der Waals surface area contributed by atoms with E-state index in [1.165, 1.54) is 0 Å². The molecule has 20 heavy (non-hydrogen) atoms. The molecule has 0 saturated carbocycles. The van der Waals surface area contributed by atoms with Crippen molar-refractivity contribution in [1.82, 2.24) is 20.3 Å². The molecule has 9 nitrogen and oxygen atoms in total. The van der Waals surface area contributed by atoms with E-state index in [1.54, 1.807) is 0 Å². The van der Waals surface area contributed by atoms with E-state index < -0.39 is 0 Å². The molecule has 0 bridgehead atoms. The molecule has 0 spiro atoms. The number of amides is 1. The SMILES string of the molecule is CC(C)Oc1nc(NN)nc(N2CCNC(=O)CC2)n1. The van der Waals surface area contributed by atoms with Gasteiger partial charge >= 0.3 is 6.01 Å². The van der Waals surface area contributed by atoms with Crippen molar-refractivity contribution in [2.75, 3.05) is 30.0 Å². The number of anilines is 2. The molecule has 0 aliphatic carbocycles. The summed E-state index contributed by atoms with van der Waals surface area (Å²) in [5, 5.41) is 2.80. The van der Waals surface area contributed by atoms with Gasteiger partial charge in [0.1, 0.15) is 0 Å². The van der Waals surface area contributed by atoms with Crippen molar-refractivity contribution in [1.29, 1.82) is 0 Å². The van der Waals surface area contributed by atoms with Crippen LogP contribution in [0.25, 0.3) is 0 Å². The van der Waals surface area contributed by atoms with Crippen LogP contribution in [-0.4, -0.2) is 46.6 Å². The largest absolute Gasteiger partial charge is 0.461 e. The first kappa shape index (κ1) is 14.3. The summed E-state index contributed by atoms with van der Waals surface area (Å²) in [4.78, 5) is 25.7. The number of hydrogen-bond donors (Lipinski definition) is 3. The Kier molecular flexibility index (Phi) is 4.51. The topological polar surface area (TPSA) is 118 Å². The van der Waals surface area contributed by atoms with E-state index in [0.717, 1.165) is 0 Å². The van der Waals surface area contributed by atoms with Crippen LogP contribution in [0.1, 0.15) is 20.3 Å². The summed E-state index contributed by atoms with van der Waals surface area (Å²) in [6.45, 7) is 5.49. The van der Waals surface area contributed by atoms with Crippen LogP contribution in [0, 0.1) is 0 Å². The lowest BCUT2D eigenvalue weighted by Gasteiger charge is -2.20. The Labute approximate surface area is 116 Å². The molecule has 2 heterocycles. The number of hydrogen-bond acceptors (Lipinski definition) is 8. The maximum atomic E-state index is 11.3. The minimum absolute atomic E-state index is 0.0254. The van der Waals surface area contributed by atoms with Gasteiger partial charge in [-0.25, -0.2) is 5.84 Å². The zero-order chi connectivity index (χ0) is 14.5. The quantitative estimate of drug-likeness (QED) is 0.488. The Balaban J connectivity index is 2.22. The molecule has 0 aromatic carbocycles. The number of nitrogens with one attached hydrogen (secondary N) is 2. The van der Waals surface area contributed by atoms with E-state index in [2.05, 4.69) is 25.7 Å². The number of ether oxygens (including phenoxy) is 1. The fourth-order valence-electron chi connectivity index (χ4n) is 1.78. The highest BCUT2D eigenvalue weighted by molar-refractivity contribution is 5.77. The maximum absolute atomic E-state index is 11.3. The first-order chi connectivity index (χ1) is 9.58. The molecule has 110 valence electrons. The molecule has 2 rings (SSSR count). The number of nitrogen functional groups attached to an aromatic ring is 1. The van der Waals surface area contributed by atoms with Crippen LogP contribution in [0.5, 0.6) is 6.01 Å². The third kappa shape index (κ3) is 3.67. The van der Waals surface area contributed by atoms with Crippen molar-refractivity contribution in [3.63, 3.8) is 0 Å². The van der Waals surface area contributed by atoms with Crippen molar-refractivity contribution in [3.8, 4) is 6.01 Å². The van der Waals surface area contributed by atoms with E-state index in [0.29, 0.717) is 32.0 Å². The highest BCUT2D eigenvalue weighted by atomic mass is 16.5. The second kappa shape index (κ2) is 6.33. The molecule has 1 aliphatic rings. The molecule has 9 heteroatoms. The van der Waals surface area contributed by atoms with E-state index in [1.807, 2.05) is 18.7 Å². The molecule has 0 radical (unpaired) electrons. The normalized spacial score (nSPS) is 15.8. The lowest BCUT2D eigenvalue weighted by atomic mass is 10.4. The molecule has 1 fully saturated rings. The Morgan fingerprint density at radius 3 is 2.85 bits per heavy atom. The highest BCUT2D eigenvalue weighted by Crippen LogP contribution is 2.16. The smallest absolute Gasteiger partial charge is 0.323 e. The van der Waals surface area contributed by atoms with Crippen molar-refractivity contribution < 1.29 is 9.53 Å². The summed E-state index contributed by atoms with van der Waals surface area (Å²) >= 11 is 0. The maximum Gasteiger partial charge on any atom is 0.323 e. The van der Waals surface area contributed by atoms with Gasteiger partial charge in [-0.2, -0.15) is 15.0 Å². The Morgan fingerprint density at radius 2 is 2.15 bits per heavy atom. The van der Waals surface area contributed by atoms with Crippen LogP contribution >= 0.6 is 0 Å². The molecular formula is C11H19N7O2. The Hall–Kier alpha value is -2.16. The van der Waals surface area contributed by atoms with Gasteiger partial charge < -0.3 is 15.0 Å². The van der Waals surface area contributed by atoms with E-state index in [-0.39, 0.29) is 24.0 Å². The minimum Gasteiger partial charge on any atom is -0.461 e. The number of nitrogens with two attached hydrogens (primary N) is 1. The number of hydrazine groups is 1. The lowest BCUT2D eigenvalue weighted by Crippen LogP contribution is -2.30. The van der Waals surface area contributed by atoms with Crippen LogP contribution in [-0.2, 0) is 4.79 Å². The van der Waals surface area contributed by atoms with Gasteiger partial charge in [-0.1, -0.05) is 0 Å². The van der Waals surface area contributed by atoms with Gasteiger partial charge in [-0.3, -0.25) is 10.2 Å². The fourth-order valence-corrected chi connectivity index (χ4v) is 1.78. The molecule has 1 saturated heterocycles. The molecule has 1 amide bonds. The van der Waals surface area contributed by atoms with Crippen molar-refractivity contribution >= 4 is 17.8 Å². The summed E-state index contributed by atoms with van der Waals surface area (Å²) in [5.74, 6) is 6.06. The molecule has 0 atom stereocenters. The van der Waals surface area contributed by atoms with E-state index >= 15 is 0 Å². The number of carbonyl (C=O) groups excluding carboxylic acids is 1. The van der Waals surface area contributed by atoms with Crippen molar-refractivity contribution in [2.24, 2.45) is 5.84 Å². The monoisotopic (exact) mass is 281 g/mol. The summed E-state index contributed by atoms with van der Waals surface area (Å²) < 4.78 is 5.47. The van der Waals surface area contributed by atoms with Gasteiger partial charge in [-0.15, -0.1) is 0 Å².